The fourth-order valence-electron chi connectivity index (χ4n) is 4.38. The predicted molar refractivity (Wildman–Crippen MR) is 134 cm³/mol. The molecule has 33 heavy (non-hydrogen) atoms. The highest BCUT2D eigenvalue weighted by Crippen LogP contribution is 2.29. The molecule has 0 radical (unpaired) electrons. The summed E-state index contributed by atoms with van der Waals surface area (Å²) in [5.41, 5.74) is 4.73. The van der Waals surface area contributed by atoms with Crippen molar-refractivity contribution in [1.82, 2.24) is 9.88 Å². The molecule has 1 atom stereocenters. The van der Waals surface area contributed by atoms with E-state index in [-0.39, 0.29) is 6.10 Å². The fraction of sp³-hybridized carbons (Fsp3) is 0.393. The number of hydrogen-bond donors (Lipinski definition) is 0. The highest BCUT2D eigenvalue weighted by Gasteiger charge is 2.19. The fourth-order valence-corrected chi connectivity index (χ4v) is 4.38. The smallest absolute Gasteiger partial charge is 0.122 e. The Morgan fingerprint density at radius 1 is 0.939 bits per heavy atom. The summed E-state index contributed by atoms with van der Waals surface area (Å²) >= 11 is 0. The number of aryl methyl sites for hydroxylation is 1. The number of nitrogens with zero attached hydrogens (tertiary/aromatic N) is 3. The number of ether oxygens (including phenoxy) is 2. The Balaban J connectivity index is 1.49. The van der Waals surface area contributed by atoms with Crippen LogP contribution < -0.4 is 9.64 Å². The van der Waals surface area contributed by atoms with Crippen LogP contribution in [0.5, 0.6) is 5.75 Å². The van der Waals surface area contributed by atoms with Gasteiger partial charge in [-0.05, 0) is 48.7 Å². The van der Waals surface area contributed by atoms with Crippen molar-refractivity contribution in [1.29, 1.82) is 0 Å². The second-order valence-electron chi connectivity index (χ2n) is 8.53. The maximum atomic E-state index is 6.47. The number of anilines is 1. The molecule has 174 valence electrons. The monoisotopic (exact) mass is 445 g/mol. The van der Waals surface area contributed by atoms with Crippen LogP contribution in [0.1, 0.15) is 36.3 Å². The quantitative estimate of drug-likeness (QED) is 0.433. The zero-order valence-corrected chi connectivity index (χ0v) is 19.8. The van der Waals surface area contributed by atoms with E-state index in [1.165, 1.54) is 16.8 Å². The molecule has 0 saturated carbocycles. The minimum atomic E-state index is -0.00455. The average Bonchev–Trinajstić information content (AvgIpc) is 2.89. The van der Waals surface area contributed by atoms with Crippen LogP contribution in [0.3, 0.4) is 0 Å². The highest BCUT2D eigenvalue weighted by molar-refractivity contribution is 5.49. The summed E-state index contributed by atoms with van der Waals surface area (Å²) < 4.78 is 11.8. The van der Waals surface area contributed by atoms with Crippen molar-refractivity contribution in [2.24, 2.45) is 0 Å². The molecular formula is C28H35N3O2. The zero-order chi connectivity index (χ0) is 22.9. The normalized spacial score (nSPS) is 15.4. The van der Waals surface area contributed by atoms with Crippen LogP contribution in [0, 0.1) is 0 Å². The molecule has 4 rings (SSSR count). The lowest BCUT2D eigenvalue weighted by atomic mass is 10.0. The average molecular weight is 446 g/mol. The summed E-state index contributed by atoms with van der Waals surface area (Å²) in [5, 5.41) is 0. The number of hydrogen-bond acceptors (Lipinski definition) is 5. The van der Waals surface area contributed by atoms with Gasteiger partial charge >= 0.3 is 0 Å². The molecule has 1 saturated heterocycles. The topological polar surface area (TPSA) is 37.8 Å². The first kappa shape index (κ1) is 23.3. The summed E-state index contributed by atoms with van der Waals surface area (Å²) in [6.45, 7) is 8.20. The zero-order valence-electron chi connectivity index (χ0n) is 19.8. The molecule has 1 fully saturated rings. The second kappa shape index (κ2) is 11.8. The van der Waals surface area contributed by atoms with Gasteiger partial charge in [0.05, 0.1) is 25.5 Å². The molecule has 0 aliphatic carbocycles. The van der Waals surface area contributed by atoms with Gasteiger partial charge in [0.2, 0.25) is 0 Å². The Kier molecular flexibility index (Phi) is 8.34. The largest absolute Gasteiger partial charge is 0.497 e. The molecule has 2 heterocycles. The van der Waals surface area contributed by atoms with E-state index in [1.54, 1.807) is 13.3 Å². The number of benzene rings is 2. The molecule has 2 aromatic carbocycles. The predicted octanol–water partition coefficient (Wildman–Crippen LogP) is 5.12. The molecule has 5 heteroatoms. The summed E-state index contributed by atoms with van der Waals surface area (Å²) in [6, 6.07) is 23.3. The Bertz CT molecular complexity index is 987. The van der Waals surface area contributed by atoms with E-state index in [1.807, 2.05) is 12.1 Å². The van der Waals surface area contributed by atoms with Crippen LogP contribution in [-0.2, 0) is 17.8 Å². The van der Waals surface area contributed by atoms with Crippen molar-refractivity contribution in [3.63, 3.8) is 0 Å². The van der Waals surface area contributed by atoms with Gasteiger partial charge in [-0.25, -0.2) is 0 Å². The van der Waals surface area contributed by atoms with Crippen LogP contribution in [0.2, 0.25) is 0 Å². The van der Waals surface area contributed by atoms with Gasteiger partial charge in [-0.3, -0.25) is 4.98 Å². The van der Waals surface area contributed by atoms with E-state index < -0.39 is 0 Å². The Morgan fingerprint density at radius 2 is 1.76 bits per heavy atom. The number of pyridine rings is 1. The summed E-state index contributed by atoms with van der Waals surface area (Å²) in [6.07, 6.45) is 3.65. The van der Waals surface area contributed by atoms with Crippen LogP contribution >= 0.6 is 0 Å². The third kappa shape index (κ3) is 6.56. The number of piperazine rings is 1. The lowest BCUT2D eigenvalue weighted by Gasteiger charge is -2.36. The maximum absolute atomic E-state index is 6.47. The van der Waals surface area contributed by atoms with Gasteiger partial charge < -0.3 is 19.3 Å². The molecular weight excluding hydrogens is 410 g/mol. The molecule has 1 aromatic heterocycles. The summed E-state index contributed by atoms with van der Waals surface area (Å²) in [7, 11) is 1.68. The Hall–Kier alpha value is -2.89. The first-order valence-corrected chi connectivity index (χ1v) is 12.0. The number of rotatable bonds is 10. The Labute approximate surface area is 198 Å². The van der Waals surface area contributed by atoms with Crippen molar-refractivity contribution >= 4 is 5.69 Å². The van der Waals surface area contributed by atoms with Gasteiger partial charge in [0.1, 0.15) is 5.75 Å². The molecule has 0 spiro atoms. The van der Waals surface area contributed by atoms with Crippen molar-refractivity contribution in [3.05, 3.63) is 89.7 Å². The SMILES string of the molecule is CCN1CCN(c2cccc(C(CCc3ccccc3)OCc3cc(OC)ccn3)c2)CC1. The van der Waals surface area contributed by atoms with E-state index in [4.69, 9.17) is 9.47 Å². The van der Waals surface area contributed by atoms with Crippen molar-refractivity contribution < 1.29 is 9.47 Å². The lowest BCUT2D eigenvalue weighted by Crippen LogP contribution is -2.46. The third-order valence-corrected chi connectivity index (χ3v) is 6.42. The van der Waals surface area contributed by atoms with Gasteiger partial charge in [-0.2, -0.15) is 0 Å². The number of aromatic nitrogens is 1. The Morgan fingerprint density at radius 3 is 2.52 bits per heavy atom. The first-order chi connectivity index (χ1) is 16.2. The van der Waals surface area contributed by atoms with Crippen molar-refractivity contribution in [3.8, 4) is 5.75 Å². The van der Waals surface area contributed by atoms with Gasteiger partial charge in [-0.1, -0.05) is 49.4 Å². The minimum absolute atomic E-state index is 0.00455. The van der Waals surface area contributed by atoms with Crippen LogP contribution in [0.4, 0.5) is 5.69 Å². The summed E-state index contributed by atoms with van der Waals surface area (Å²) in [5.74, 6) is 0.803. The number of methoxy groups -OCH3 is 1. The van der Waals surface area contributed by atoms with Gasteiger partial charge in [-0.15, -0.1) is 0 Å². The van der Waals surface area contributed by atoms with E-state index >= 15 is 0 Å². The van der Waals surface area contributed by atoms with Crippen molar-refractivity contribution in [2.45, 2.75) is 32.5 Å². The van der Waals surface area contributed by atoms with Gasteiger partial charge in [0, 0.05) is 44.1 Å². The van der Waals surface area contributed by atoms with Crippen LogP contribution in [-0.4, -0.2) is 49.7 Å². The second-order valence-corrected chi connectivity index (χ2v) is 8.53. The molecule has 0 N–H and O–H groups in total. The molecule has 5 nitrogen and oxygen atoms in total. The standard InChI is InChI=1S/C28H35N3O2/c1-3-30-16-18-31(19-17-30)26-11-7-10-24(20-26)28(13-12-23-8-5-4-6-9-23)33-22-25-21-27(32-2)14-15-29-25/h4-11,14-15,20-21,28H,3,12-13,16-19,22H2,1-2H3. The van der Waals surface area contributed by atoms with E-state index in [2.05, 4.69) is 76.3 Å². The van der Waals surface area contributed by atoms with Crippen LogP contribution in [0.25, 0.3) is 0 Å². The molecule has 0 bridgehead atoms. The molecule has 1 unspecified atom stereocenters. The first-order valence-electron chi connectivity index (χ1n) is 12.0. The van der Waals surface area contributed by atoms with Gasteiger partial charge in [0.25, 0.3) is 0 Å². The lowest BCUT2D eigenvalue weighted by molar-refractivity contribution is 0.0321. The third-order valence-electron chi connectivity index (χ3n) is 6.42. The van der Waals surface area contributed by atoms with E-state index in [0.717, 1.165) is 57.0 Å². The molecule has 3 aromatic rings. The van der Waals surface area contributed by atoms with Gasteiger partial charge in [0.15, 0.2) is 0 Å². The molecule has 1 aliphatic rings. The van der Waals surface area contributed by atoms with Crippen molar-refractivity contribution in [2.75, 3.05) is 44.7 Å². The maximum Gasteiger partial charge on any atom is 0.122 e. The highest BCUT2D eigenvalue weighted by atomic mass is 16.5. The minimum Gasteiger partial charge on any atom is -0.497 e. The van der Waals surface area contributed by atoms with Crippen LogP contribution in [0.15, 0.2) is 72.9 Å². The molecule has 0 amide bonds. The number of likely N-dealkylation sites (N-methyl/N-ethyl adjacent to an activating group) is 1. The van der Waals surface area contributed by atoms with E-state index in [0.29, 0.717) is 6.61 Å². The molecule has 1 aliphatic heterocycles. The summed E-state index contributed by atoms with van der Waals surface area (Å²) in [4.78, 5) is 9.46. The van der Waals surface area contributed by atoms with E-state index in [9.17, 15) is 0 Å².